The van der Waals surface area contributed by atoms with Gasteiger partial charge in [0.05, 0.1) is 0 Å². The van der Waals surface area contributed by atoms with Crippen LogP contribution in [0.2, 0.25) is 0 Å². The molecule has 0 aromatic heterocycles. The van der Waals surface area contributed by atoms with Crippen LogP contribution in [-0.2, 0) is 0 Å². The minimum absolute atomic E-state index is 0.972. The van der Waals surface area contributed by atoms with Crippen molar-refractivity contribution in [3.05, 3.63) is 11.8 Å². The van der Waals surface area contributed by atoms with E-state index in [1.54, 1.807) is 0 Å². The largest absolute Gasteiger partial charge is 0.389 e. The van der Waals surface area contributed by atoms with Gasteiger partial charge in [-0.3, -0.25) is 4.99 Å². The summed E-state index contributed by atoms with van der Waals surface area (Å²) in [7, 11) is 0. The van der Waals surface area contributed by atoms with Crippen molar-refractivity contribution in [2.75, 3.05) is 13.1 Å². The van der Waals surface area contributed by atoms with Crippen molar-refractivity contribution in [2.24, 2.45) is 4.99 Å². The van der Waals surface area contributed by atoms with Crippen LogP contribution in [0, 0.1) is 0 Å². The Morgan fingerprint density at radius 1 is 1.00 bits per heavy atom. The molecule has 0 unspecified atom stereocenters. The predicted octanol–water partition coefficient (Wildman–Crippen LogP) is 4.32. The van der Waals surface area contributed by atoms with Crippen LogP contribution in [0.4, 0.5) is 0 Å². The van der Waals surface area contributed by atoms with Gasteiger partial charge in [0.15, 0.2) is 0 Å². The van der Waals surface area contributed by atoms with E-state index in [1.165, 1.54) is 44.2 Å². The molecule has 0 saturated carbocycles. The smallest absolute Gasteiger partial charge is 0.0392 e. The Labute approximate surface area is 108 Å². The molecule has 0 aliphatic heterocycles. The number of aliphatic imine (C=N–C) groups is 1. The van der Waals surface area contributed by atoms with Crippen LogP contribution in [0.25, 0.3) is 0 Å². The Bertz CT molecular complexity index is 229. The van der Waals surface area contributed by atoms with Crippen molar-refractivity contribution in [1.82, 2.24) is 5.32 Å². The van der Waals surface area contributed by atoms with Crippen molar-refractivity contribution >= 4 is 5.71 Å². The molecule has 0 rings (SSSR count). The highest BCUT2D eigenvalue weighted by Crippen LogP contribution is 1.97. The number of allylic oxidation sites excluding steroid dienone is 2. The molecule has 0 spiro atoms. The second-order valence-corrected chi connectivity index (χ2v) is 4.69. The minimum Gasteiger partial charge on any atom is -0.389 e. The van der Waals surface area contributed by atoms with E-state index in [9.17, 15) is 0 Å². The monoisotopic (exact) mass is 238 g/mol. The summed E-state index contributed by atoms with van der Waals surface area (Å²) in [5.41, 5.74) is 2.37. The average molecular weight is 238 g/mol. The van der Waals surface area contributed by atoms with Gasteiger partial charge in [-0.05, 0) is 32.8 Å². The van der Waals surface area contributed by atoms with Crippen LogP contribution in [-0.4, -0.2) is 18.8 Å². The Balaban J connectivity index is 3.76. The van der Waals surface area contributed by atoms with Crippen molar-refractivity contribution < 1.29 is 0 Å². The number of hydrogen-bond acceptors (Lipinski definition) is 2. The molecule has 0 heterocycles. The fourth-order valence-electron chi connectivity index (χ4n) is 1.69. The van der Waals surface area contributed by atoms with E-state index in [-0.39, 0.29) is 0 Å². The number of rotatable bonds is 10. The van der Waals surface area contributed by atoms with Crippen molar-refractivity contribution in [3.8, 4) is 0 Å². The maximum Gasteiger partial charge on any atom is 0.0392 e. The van der Waals surface area contributed by atoms with Gasteiger partial charge in [0.2, 0.25) is 0 Å². The molecule has 0 aliphatic rings. The molecule has 2 heteroatoms. The van der Waals surface area contributed by atoms with Crippen LogP contribution in [0.15, 0.2) is 16.8 Å². The molecule has 17 heavy (non-hydrogen) atoms. The fraction of sp³-hybridized carbons (Fsp3) is 0.800. The van der Waals surface area contributed by atoms with E-state index in [0.29, 0.717) is 0 Å². The number of hydrogen-bond donors (Lipinski definition) is 1. The third-order valence-corrected chi connectivity index (χ3v) is 2.73. The molecule has 0 aromatic rings. The summed E-state index contributed by atoms with van der Waals surface area (Å²) < 4.78 is 0. The third kappa shape index (κ3) is 11.5. The maximum atomic E-state index is 4.55. The lowest BCUT2D eigenvalue weighted by atomic mass is 10.2. The normalized spacial score (nSPS) is 12.9. The first kappa shape index (κ1) is 16.2. The van der Waals surface area contributed by atoms with E-state index < -0.39 is 0 Å². The highest BCUT2D eigenvalue weighted by molar-refractivity contribution is 5.93. The quantitative estimate of drug-likeness (QED) is 0.445. The zero-order chi connectivity index (χ0) is 12.9. The highest BCUT2D eigenvalue weighted by atomic mass is 14.9. The molecular formula is C15H30N2. The van der Waals surface area contributed by atoms with Crippen LogP contribution in [0.1, 0.15) is 66.2 Å². The van der Waals surface area contributed by atoms with E-state index >= 15 is 0 Å². The number of nitrogens with zero attached hydrogens (tertiary/aromatic N) is 1. The van der Waals surface area contributed by atoms with Gasteiger partial charge < -0.3 is 5.32 Å². The highest BCUT2D eigenvalue weighted by Gasteiger charge is 1.91. The van der Waals surface area contributed by atoms with Crippen LogP contribution >= 0.6 is 0 Å². The van der Waals surface area contributed by atoms with Gasteiger partial charge in [0.1, 0.15) is 0 Å². The number of unbranched alkanes of at least 4 members (excludes halogenated alkanes) is 4. The molecule has 0 aromatic carbocycles. The molecule has 1 N–H and O–H groups in total. The molecule has 0 radical (unpaired) electrons. The Hall–Kier alpha value is -0.790. The van der Waals surface area contributed by atoms with Gasteiger partial charge in [-0.25, -0.2) is 0 Å². The van der Waals surface area contributed by atoms with Crippen LogP contribution in [0.3, 0.4) is 0 Å². The first-order chi connectivity index (χ1) is 8.20. The lowest BCUT2D eigenvalue weighted by Crippen LogP contribution is -2.13. The van der Waals surface area contributed by atoms with Crippen LogP contribution in [0.5, 0.6) is 0 Å². The van der Waals surface area contributed by atoms with Crippen molar-refractivity contribution in [3.63, 3.8) is 0 Å². The lowest BCUT2D eigenvalue weighted by Gasteiger charge is -2.05. The molecule has 0 aliphatic carbocycles. The van der Waals surface area contributed by atoms with E-state index in [2.05, 4.69) is 44.1 Å². The summed E-state index contributed by atoms with van der Waals surface area (Å²) in [6.45, 7) is 10.7. The molecule has 2 nitrogen and oxygen atoms in total. The third-order valence-electron chi connectivity index (χ3n) is 2.73. The second kappa shape index (κ2) is 11.7. The summed E-state index contributed by atoms with van der Waals surface area (Å²) in [5.74, 6) is 0. The van der Waals surface area contributed by atoms with Gasteiger partial charge in [-0.1, -0.05) is 39.5 Å². The maximum absolute atomic E-state index is 4.55. The first-order valence-corrected chi connectivity index (χ1v) is 7.13. The molecule has 100 valence electrons. The van der Waals surface area contributed by atoms with E-state index in [4.69, 9.17) is 0 Å². The molecular weight excluding hydrogens is 208 g/mol. The SMILES string of the molecule is CCCCCN=C(C)/C=C(/C)NCCCCC. The van der Waals surface area contributed by atoms with Gasteiger partial charge in [0.25, 0.3) is 0 Å². The summed E-state index contributed by atoms with van der Waals surface area (Å²) in [5, 5.41) is 3.43. The first-order valence-electron chi connectivity index (χ1n) is 7.13. The standard InChI is InChI=1S/C15H30N2/c1-5-7-9-11-16-14(3)13-15(4)17-12-10-8-6-2/h13,16H,5-12H2,1-4H3/b14-13-,17-15?. The topological polar surface area (TPSA) is 24.4 Å². The van der Waals surface area contributed by atoms with E-state index in [0.717, 1.165) is 18.8 Å². The zero-order valence-electron chi connectivity index (χ0n) is 12.2. The molecule has 0 saturated heterocycles. The summed E-state index contributed by atoms with van der Waals surface area (Å²) in [6.07, 6.45) is 9.76. The second-order valence-electron chi connectivity index (χ2n) is 4.69. The van der Waals surface area contributed by atoms with Gasteiger partial charge >= 0.3 is 0 Å². The lowest BCUT2D eigenvalue weighted by molar-refractivity contribution is 0.667. The van der Waals surface area contributed by atoms with Crippen LogP contribution < -0.4 is 5.32 Å². The predicted molar refractivity (Wildman–Crippen MR) is 78.8 cm³/mol. The summed E-state index contributed by atoms with van der Waals surface area (Å²) in [6, 6.07) is 0. The van der Waals surface area contributed by atoms with E-state index in [1.807, 2.05) is 0 Å². The Morgan fingerprint density at radius 2 is 1.65 bits per heavy atom. The van der Waals surface area contributed by atoms with Gasteiger partial charge in [-0.15, -0.1) is 0 Å². The molecule has 0 bridgehead atoms. The van der Waals surface area contributed by atoms with Crippen molar-refractivity contribution in [2.45, 2.75) is 66.2 Å². The van der Waals surface area contributed by atoms with Gasteiger partial charge in [0, 0.05) is 24.5 Å². The van der Waals surface area contributed by atoms with Gasteiger partial charge in [-0.2, -0.15) is 0 Å². The summed E-state index contributed by atoms with van der Waals surface area (Å²) in [4.78, 5) is 4.55. The Morgan fingerprint density at radius 3 is 2.29 bits per heavy atom. The molecule has 0 amide bonds. The molecule has 0 atom stereocenters. The molecule has 0 fully saturated rings. The fourth-order valence-corrected chi connectivity index (χ4v) is 1.69. The Kier molecular flexibility index (Phi) is 11.1. The average Bonchev–Trinajstić information content (AvgIpc) is 2.30. The number of nitrogens with one attached hydrogen (secondary N) is 1. The zero-order valence-corrected chi connectivity index (χ0v) is 12.2. The minimum atomic E-state index is 0.972. The van der Waals surface area contributed by atoms with Crippen molar-refractivity contribution in [1.29, 1.82) is 0 Å². The summed E-state index contributed by atoms with van der Waals surface area (Å²) >= 11 is 0.